The first kappa shape index (κ1) is 16.1. The number of rotatable bonds is 3. The number of carbonyl (C=O) groups excluding carboxylic acids is 1. The lowest BCUT2D eigenvalue weighted by molar-refractivity contribution is 0.0936. The summed E-state index contributed by atoms with van der Waals surface area (Å²) in [6.07, 6.45) is 2.99. The summed E-state index contributed by atoms with van der Waals surface area (Å²) >= 11 is 0. The Labute approximate surface area is 149 Å². The van der Waals surface area contributed by atoms with E-state index in [9.17, 15) is 9.59 Å². The molecule has 1 atom stereocenters. The summed E-state index contributed by atoms with van der Waals surface area (Å²) in [6.45, 7) is 0.769. The molecule has 7 nitrogen and oxygen atoms in total. The summed E-state index contributed by atoms with van der Waals surface area (Å²) in [5.74, 6) is -0.205. The van der Waals surface area contributed by atoms with Crippen molar-refractivity contribution >= 4 is 23.0 Å². The van der Waals surface area contributed by atoms with Crippen LogP contribution in [-0.2, 0) is 0 Å². The van der Waals surface area contributed by atoms with Crippen molar-refractivity contribution in [3.63, 3.8) is 0 Å². The number of pyridine rings is 1. The standard InChI is InChI=1S/C19H17N3O4/c23-18(21-14-6-9-22(11-14)19(24)25)13-3-1-12(2-4-13)17-15-7-10-26-16(15)5-8-20-17/h1-5,7-8,10,14H,6,9,11H2,(H,21,23)(H,24,25). The Morgan fingerprint density at radius 2 is 2.00 bits per heavy atom. The second-order valence-electron chi connectivity index (χ2n) is 6.26. The number of fused-ring (bicyclic) bond motifs is 1. The lowest BCUT2D eigenvalue weighted by Crippen LogP contribution is -2.38. The molecule has 0 bridgehead atoms. The molecule has 132 valence electrons. The second kappa shape index (κ2) is 6.51. The highest BCUT2D eigenvalue weighted by molar-refractivity contribution is 5.96. The molecule has 1 aliphatic heterocycles. The minimum atomic E-state index is -0.952. The molecule has 0 radical (unpaired) electrons. The molecular formula is C19H17N3O4. The van der Waals surface area contributed by atoms with Crippen molar-refractivity contribution in [2.24, 2.45) is 0 Å². The third kappa shape index (κ3) is 2.99. The highest BCUT2D eigenvalue weighted by Gasteiger charge is 2.27. The number of amides is 2. The fourth-order valence-electron chi connectivity index (χ4n) is 3.22. The van der Waals surface area contributed by atoms with Crippen LogP contribution >= 0.6 is 0 Å². The zero-order valence-corrected chi connectivity index (χ0v) is 13.9. The van der Waals surface area contributed by atoms with Gasteiger partial charge in [-0.15, -0.1) is 0 Å². The summed E-state index contributed by atoms with van der Waals surface area (Å²) < 4.78 is 5.39. The van der Waals surface area contributed by atoms with Gasteiger partial charge >= 0.3 is 6.09 Å². The van der Waals surface area contributed by atoms with Gasteiger partial charge in [0, 0.05) is 41.8 Å². The summed E-state index contributed by atoms with van der Waals surface area (Å²) in [6, 6.07) is 10.7. The van der Waals surface area contributed by atoms with Crippen LogP contribution in [0.5, 0.6) is 0 Å². The van der Waals surface area contributed by atoms with Gasteiger partial charge in [0.25, 0.3) is 5.91 Å². The zero-order valence-electron chi connectivity index (χ0n) is 13.9. The predicted molar refractivity (Wildman–Crippen MR) is 94.9 cm³/mol. The third-order valence-corrected chi connectivity index (χ3v) is 4.59. The van der Waals surface area contributed by atoms with Crippen LogP contribution in [0.15, 0.2) is 53.3 Å². The molecule has 1 saturated heterocycles. The van der Waals surface area contributed by atoms with E-state index in [0.29, 0.717) is 25.1 Å². The summed E-state index contributed by atoms with van der Waals surface area (Å²) in [7, 11) is 0. The maximum absolute atomic E-state index is 12.4. The third-order valence-electron chi connectivity index (χ3n) is 4.59. The number of likely N-dealkylation sites (tertiary alicyclic amines) is 1. The Morgan fingerprint density at radius 3 is 2.73 bits per heavy atom. The molecule has 0 aliphatic carbocycles. The number of carboxylic acid groups (broad SMARTS) is 1. The molecule has 3 aromatic rings. The van der Waals surface area contributed by atoms with E-state index in [1.807, 2.05) is 24.3 Å². The van der Waals surface area contributed by atoms with Crippen LogP contribution in [-0.4, -0.2) is 46.1 Å². The summed E-state index contributed by atoms with van der Waals surface area (Å²) in [4.78, 5) is 29.1. The van der Waals surface area contributed by atoms with Gasteiger partial charge in [-0.2, -0.15) is 0 Å². The van der Waals surface area contributed by atoms with Gasteiger partial charge in [0.2, 0.25) is 0 Å². The molecule has 1 aromatic carbocycles. The Bertz CT molecular complexity index is 964. The van der Waals surface area contributed by atoms with E-state index in [2.05, 4.69) is 10.3 Å². The van der Waals surface area contributed by atoms with Gasteiger partial charge in [0.15, 0.2) is 0 Å². The number of hydrogen-bond donors (Lipinski definition) is 2. The maximum atomic E-state index is 12.4. The van der Waals surface area contributed by atoms with E-state index in [-0.39, 0.29) is 11.9 Å². The van der Waals surface area contributed by atoms with Gasteiger partial charge in [-0.25, -0.2) is 4.79 Å². The quantitative estimate of drug-likeness (QED) is 0.756. The molecule has 4 rings (SSSR count). The fraction of sp³-hybridized carbons (Fsp3) is 0.211. The fourth-order valence-corrected chi connectivity index (χ4v) is 3.22. The van der Waals surface area contributed by atoms with Crippen molar-refractivity contribution in [3.05, 3.63) is 54.4 Å². The predicted octanol–water partition coefficient (Wildman–Crippen LogP) is 2.98. The molecule has 0 spiro atoms. The molecule has 3 heterocycles. The number of benzene rings is 1. The van der Waals surface area contributed by atoms with Gasteiger partial charge in [-0.1, -0.05) is 12.1 Å². The summed E-state index contributed by atoms with van der Waals surface area (Å²) in [5.41, 5.74) is 2.99. The highest BCUT2D eigenvalue weighted by Crippen LogP contribution is 2.27. The molecule has 2 N–H and O–H groups in total. The van der Waals surface area contributed by atoms with Crippen molar-refractivity contribution < 1.29 is 19.1 Å². The van der Waals surface area contributed by atoms with Gasteiger partial charge in [-0.3, -0.25) is 9.78 Å². The maximum Gasteiger partial charge on any atom is 0.407 e. The average Bonchev–Trinajstić information content (AvgIpc) is 3.30. The minimum Gasteiger partial charge on any atom is -0.465 e. The van der Waals surface area contributed by atoms with E-state index >= 15 is 0 Å². The number of furan rings is 1. The molecule has 26 heavy (non-hydrogen) atoms. The van der Waals surface area contributed by atoms with Crippen LogP contribution < -0.4 is 5.32 Å². The topological polar surface area (TPSA) is 95.7 Å². The van der Waals surface area contributed by atoms with Gasteiger partial charge in [0.05, 0.1) is 12.0 Å². The van der Waals surface area contributed by atoms with Gasteiger partial charge < -0.3 is 19.7 Å². The van der Waals surface area contributed by atoms with Crippen molar-refractivity contribution in [1.82, 2.24) is 15.2 Å². The highest BCUT2D eigenvalue weighted by atomic mass is 16.4. The van der Waals surface area contributed by atoms with Crippen molar-refractivity contribution in [1.29, 1.82) is 0 Å². The monoisotopic (exact) mass is 351 g/mol. The second-order valence-corrected chi connectivity index (χ2v) is 6.26. The Hall–Kier alpha value is -3.35. The Kier molecular flexibility index (Phi) is 4.04. The number of nitrogens with zero attached hydrogens (tertiary/aromatic N) is 2. The van der Waals surface area contributed by atoms with Crippen LogP contribution in [0.1, 0.15) is 16.8 Å². The molecule has 7 heteroatoms. The SMILES string of the molecule is O=C(NC1CCN(C(=O)O)C1)c1ccc(-c2nccc3occc23)cc1. The molecule has 1 unspecified atom stereocenters. The molecule has 1 aliphatic rings. The smallest absolute Gasteiger partial charge is 0.407 e. The minimum absolute atomic E-state index is 0.153. The summed E-state index contributed by atoms with van der Waals surface area (Å²) in [5, 5.41) is 12.8. The number of nitrogens with one attached hydrogen (secondary N) is 1. The lowest BCUT2D eigenvalue weighted by Gasteiger charge is -2.14. The molecular weight excluding hydrogens is 334 g/mol. The first-order valence-electron chi connectivity index (χ1n) is 8.33. The molecule has 1 fully saturated rings. The van der Waals surface area contributed by atoms with Crippen LogP contribution in [0, 0.1) is 0 Å². The van der Waals surface area contributed by atoms with E-state index in [1.165, 1.54) is 4.90 Å². The van der Waals surface area contributed by atoms with Crippen molar-refractivity contribution in [2.75, 3.05) is 13.1 Å². The van der Waals surface area contributed by atoms with Crippen molar-refractivity contribution in [2.45, 2.75) is 12.5 Å². The van der Waals surface area contributed by atoms with Crippen LogP contribution in [0.25, 0.3) is 22.2 Å². The number of carbonyl (C=O) groups is 2. The van der Waals surface area contributed by atoms with Crippen LogP contribution in [0.2, 0.25) is 0 Å². The molecule has 2 amide bonds. The first-order chi connectivity index (χ1) is 12.6. The molecule has 2 aromatic heterocycles. The molecule has 0 saturated carbocycles. The lowest BCUT2D eigenvalue weighted by atomic mass is 10.1. The number of aromatic nitrogens is 1. The Balaban J connectivity index is 1.48. The largest absolute Gasteiger partial charge is 0.465 e. The average molecular weight is 351 g/mol. The van der Waals surface area contributed by atoms with Crippen LogP contribution in [0.4, 0.5) is 4.79 Å². The van der Waals surface area contributed by atoms with Gasteiger partial charge in [-0.05, 0) is 30.7 Å². The normalized spacial score (nSPS) is 16.8. The first-order valence-corrected chi connectivity index (χ1v) is 8.33. The van der Waals surface area contributed by atoms with Crippen LogP contribution in [0.3, 0.4) is 0 Å². The van der Waals surface area contributed by atoms with Gasteiger partial charge in [0.1, 0.15) is 5.58 Å². The van der Waals surface area contributed by atoms with E-state index < -0.39 is 6.09 Å². The van der Waals surface area contributed by atoms with Crippen molar-refractivity contribution in [3.8, 4) is 11.3 Å². The Morgan fingerprint density at radius 1 is 1.19 bits per heavy atom. The van der Waals surface area contributed by atoms with E-state index in [0.717, 1.165) is 22.2 Å². The zero-order chi connectivity index (χ0) is 18.1. The van der Waals surface area contributed by atoms with E-state index in [1.54, 1.807) is 24.6 Å². The number of hydrogen-bond acceptors (Lipinski definition) is 4. The van der Waals surface area contributed by atoms with E-state index in [4.69, 9.17) is 9.52 Å².